The van der Waals surface area contributed by atoms with Crippen LogP contribution in [0.3, 0.4) is 0 Å². The van der Waals surface area contributed by atoms with Crippen molar-refractivity contribution in [2.75, 3.05) is 7.11 Å². The lowest BCUT2D eigenvalue weighted by Crippen LogP contribution is -2.19. The summed E-state index contributed by atoms with van der Waals surface area (Å²) < 4.78 is 6.36. The van der Waals surface area contributed by atoms with Gasteiger partial charge in [0.05, 0.1) is 6.61 Å². The fourth-order valence-corrected chi connectivity index (χ4v) is 2.60. The van der Waals surface area contributed by atoms with Gasteiger partial charge in [0.1, 0.15) is 0 Å². The Kier molecular flexibility index (Phi) is 5.77. The van der Waals surface area contributed by atoms with Crippen LogP contribution in [0.15, 0.2) is 53.0 Å². The van der Waals surface area contributed by atoms with Crippen LogP contribution in [-0.4, -0.2) is 7.11 Å². The number of hydrogen-bond acceptors (Lipinski definition) is 2. The molecule has 3 heteroatoms. The van der Waals surface area contributed by atoms with E-state index in [1.54, 1.807) is 7.11 Å². The van der Waals surface area contributed by atoms with Gasteiger partial charge < -0.3 is 10.1 Å². The van der Waals surface area contributed by atoms with Crippen molar-refractivity contribution < 1.29 is 4.74 Å². The smallest absolute Gasteiger partial charge is 0.0716 e. The van der Waals surface area contributed by atoms with Gasteiger partial charge in [-0.3, -0.25) is 0 Å². The van der Waals surface area contributed by atoms with E-state index < -0.39 is 0 Å². The average molecular weight is 334 g/mol. The van der Waals surface area contributed by atoms with Gasteiger partial charge in [-0.05, 0) is 35.7 Å². The molecule has 0 saturated carbocycles. The van der Waals surface area contributed by atoms with Crippen molar-refractivity contribution in [3.8, 4) is 0 Å². The van der Waals surface area contributed by atoms with Gasteiger partial charge in [-0.25, -0.2) is 0 Å². The summed E-state index contributed by atoms with van der Waals surface area (Å²) in [5.41, 5.74) is 3.81. The number of halogens is 1. The zero-order valence-corrected chi connectivity index (χ0v) is 13.5. The van der Waals surface area contributed by atoms with Crippen molar-refractivity contribution in [2.45, 2.75) is 26.1 Å². The van der Waals surface area contributed by atoms with Gasteiger partial charge in [0, 0.05) is 24.2 Å². The first-order chi connectivity index (χ1) is 9.70. The summed E-state index contributed by atoms with van der Waals surface area (Å²) in [6, 6.07) is 17.1. The number of rotatable bonds is 6. The van der Waals surface area contributed by atoms with E-state index in [0.29, 0.717) is 12.6 Å². The summed E-state index contributed by atoms with van der Waals surface area (Å²) >= 11 is 3.51. The second-order valence-corrected chi connectivity index (χ2v) is 5.77. The molecule has 0 radical (unpaired) electrons. The maximum absolute atomic E-state index is 5.24. The predicted octanol–water partition coefficient (Wildman–Crippen LogP) is 4.45. The molecule has 0 aromatic heterocycles. The largest absolute Gasteiger partial charge is 0.380 e. The second-order valence-electron chi connectivity index (χ2n) is 4.86. The molecule has 0 heterocycles. The van der Waals surface area contributed by atoms with E-state index in [9.17, 15) is 0 Å². The Morgan fingerprint density at radius 3 is 2.55 bits per heavy atom. The first-order valence-corrected chi connectivity index (χ1v) is 7.54. The van der Waals surface area contributed by atoms with Gasteiger partial charge in [0.25, 0.3) is 0 Å². The van der Waals surface area contributed by atoms with Gasteiger partial charge >= 0.3 is 0 Å². The lowest BCUT2D eigenvalue weighted by molar-refractivity contribution is 0.184. The van der Waals surface area contributed by atoms with Crippen molar-refractivity contribution in [3.63, 3.8) is 0 Å². The van der Waals surface area contributed by atoms with Crippen LogP contribution in [-0.2, 0) is 17.9 Å². The SMILES string of the molecule is COCc1ccccc1CN[C@H](C)c1cccc(Br)c1. The number of ether oxygens (including phenoxy) is 1. The molecule has 0 unspecified atom stereocenters. The zero-order chi connectivity index (χ0) is 14.4. The Labute approximate surface area is 129 Å². The first kappa shape index (κ1) is 15.2. The van der Waals surface area contributed by atoms with Crippen LogP contribution in [0.25, 0.3) is 0 Å². The van der Waals surface area contributed by atoms with Gasteiger partial charge in [0.2, 0.25) is 0 Å². The van der Waals surface area contributed by atoms with E-state index in [-0.39, 0.29) is 0 Å². The molecule has 0 saturated heterocycles. The highest BCUT2D eigenvalue weighted by atomic mass is 79.9. The molecule has 2 aromatic rings. The summed E-state index contributed by atoms with van der Waals surface area (Å²) in [4.78, 5) is 0. The summed E-state index contributed by atoms with van der Waals surface area (Å²) in [5, 5.41) is 3.56. The number of nitrogens with one attached hydrogen (secondary N) is 1. The molecule has 2 aromatic carbocycles. The standard InChI is InChI=1S/C17H20BrNO/c1-13(14-8-5-9-17(18)10-14)19-11-15-6-3-4-7-16(15)12-20-2/h3-10,13,19H,11-12H2,1-2H3/t13-/m1/s1. The van der Waals surface area contributed by atoms with Crippen LogP contribution in [0.4, 0.5) is 0 Å². The molecule has 0 aliphatic rings. The number of methoxy groups -OCH3 is 1. The van der Waals surface area contributed by atoms with Crippen LogP contribution in [0, 0.1) is 0 Å². The van der Waals surface area contributed by atoms with E-state index in [4.69, 9.17) is 4.74 Å². The molecule has 0 amide bonds. The van der Waals surface area contributed by atoms with Crippen molar-refractivity contribution in [3.05, 3.63) is 69.7 Å². The molecule has 1 atom stereocenters. The normalized spacial score (nSPS) is 12.3. The third kappa shape index (κ3) is 4.17. The molecule has 0 bridgehead atoms. The van der Waals surface area contributed by atoms with Gasteiger partial charge in [-0.2, -0.15) is 0 Å². The maximum atomic E-state index is 5.24. The van der Waals surface area contributed by atoms with E-state index in [0.717, 1.165) is 11.0 Å². The van der Waals surface area contributed by atoms with E-state index in [1.165, 1.54) is 16.7 Å². The van der Waals surface area contributed by atoms with Crippen molar-refractivity contribution >= 4 is 15.9 Å². The molecule has 0 aliphatic heterocycles. The summed E-state index contributed by atoms with van der Waals surface area (Å²) in [6.45, 7) is 3.68. The highest BCUT2D eigenvalue weighted by molar-refractivity contribution is 9.10. The quantitative estimate of drug-likeness (QED) is 0.843. The summed E-state index contributed by atoms with van der Waals surface area (Å²) in [6.07, 6.45) is 0. The second kappa shape index (κ2) is 7.58. The van der Waals surface area contributed by atoms with Crippen LogP contribution in [0.2, 0.25) is 0 Å². The Morgan fingerprint density at radius 1 is 1.10 bits per heavy atom. The van der Waals surface area contributed by atoms with E-state index in [2.05, 4.69) is 70.6 Å². The fourth-order valence-electron chi connectivity index (χ4n) is 2.18. The molecule has 1 N–H and O–H groups in total. The average Bonchev–Trinajstić information content (AvgIpc) is 2.46. The molecular formula is C17H20BrNO. The Balaban J connectivity index is 2.01. The molecule has 0 spiro atoms. The van der Waals surface area contributed by atoms with Gasteiger partial charge in [-0.1, -0.05) is 52.3 Å². The van der Waals surface area contributed by atoms with Crippen molar-refractivity contribution in [1.82, 2.24) is 5.32 Å². The van der Waals surface area contributed by atoms with Crippen molar-refractivity contribution in [1.29, 1.82) is 0 Å². The summed E-state index contributed by atoms with van der Waals surface area (Å²) in [7, 11) is 1.73. The predicted molar refractivity (Wildman–Crippen MR) is 86.6 cm³/mol. The Morgan fingerprint density at radius 2 is 1.85 bits per heavy atom. The monoisotopic (exact) mass is 333 g/mol. The lowest BCUT2D eigenvalue weighted by atomic mass is 10.1. The Bertz CT molecular complexity index is 556. The van der Waals surface area contributed by atoms with E-state index >= 15 is 0 Å². The Hall–Kier alpha value is -1.16. The topological polar surface area (TPSA) is 21.3 Å². The van der Waals surface area contributed by atoms with Gasteiger partial charge in [0.15, 0.2) is 0 Å². The third-order valence-corrected chi connectivity index (χ3v) is 3.86. The highest BCUT2D eigenvalue weighted by Crippen LogP contribution is 2.19. The number of benzene rings is 2. The van der Waals surface area contributed by atoms with Gasteiger partial charge in [-0.15, -0.1) is 0 Å². The van der Waals surface area contributed by atoms with E-state index in [1.807, 2.05) is 6.07 Å². The highest BCUT2D eigenvalue weighted by Gasteiger charge is 2.07. The third-order valence-electron chi connectivity index (χ3n) is 3.37. The van der Waals surface area contributed by atoms with Crippen molar-refractivity contribution in [2.24, 2.45) is 0 Å². The summed E-state index contributed by atoms with van der Waals surface area (Å²) in [5.74, 6) is 0. The zero-order valence-electron chi connectivity index (χ0n) is 11.9. The molecule has 2 nitrogen and oxygen atoms in total. The first-order valence-electron chi connectivity index (χ1n) is 6.75. The minimum absolute atomic E-state index is 0.308. The fraction of sp³-hybridized carbons (Fsp3) is 0.294. The number of hydrogen-bond donors (Lipinski definition) is 1. The minimum Gasteiger partial charge on any atom is -0.380 e. The molecule has 106 valence electrons. The molecule has 0 aliphatic carbocycles. The molecule has 0 fully saturated rings. The minimum atomic E-state index is 0.308. The lowest BCUT2D eigenvalue weighted by Gasteiger charge is -2.16. The maximum Gasteiger partial charge on any atom is 0.0716 e. The van der Waals surface area contributed by atoms with Crippen LogP contribution in [0.1, 0.15) is 29.7 Å². The van der Waals surface area contributed by atoms with Crippen LogP contribution >= 0.6 is 15.9 Å². The van der Waals surface area contributed by atoms with Crippen LogP contribution in [0.5, 0.6) is 0 Å². The molecular weight excluding hydrogens is 314 g/mol. The molecule has 20 heavy (non-hydrogen) atoms. The molecule has 2 rings (SSSR count). The van der Waals surface area contributed by atoms with Crippen LogP contribution < -0.4 is 5.32 Å².